The van der Waals surface area contributed by atoms with Crippen molar-refractivity contribution >= 4 is 17.3 Å². The topological polar surface area (TPSA) is 68.9 Å². The first-order valence-corrected chi connectivity index (χ1v) is 4.76. The van der Waals surface area contributed by atoms with Crippen molar-refractivity contribution in [1.82, 2.24) is 9.97 Å². The molecule has 0 atom stereocenters. The first-order chi connectivity index (χ1) is 7.66. The van der Waals surface area contributed by atoms with Crippen LogP contribution in [0.4, 0.5) is 5.69 Å². The van der Waals surface area contributed by atoms with Gasteiger partial charge in [0, 0.05) is 35.1 Å². The van der Waals surface area contributed by atoms with Gasteiger partial charge >= 0.3 is 0 Å². The van der Waals surface area contributed by atoms with Crippen LogP contribution in [0.15, 0.2) is 36.8 Å². The van der Waals surface area contributed by atoms with Gasteiger partial charge in [-0.3, -0.25) is 20.1 Å². The Hall–Kier alpha value is -2.01. The van der Waals surface area contributed by atoms with Crippen LogP contribution in [0.1, 0.15) is 0 Å². The molecule has 1 aromatic carbocycles. The molecule has 6 heteroatoms. The van der Waals surface area contributed by atoms with Gasteiger partial charge in [0.1, 0.15) is 0 Å². The molecule has 80 valence electrons. The Balaban J connectivity index is 2.54. The van der Waals surface area contributed by atoms with E-state index in [-0.39, 0.29) is 5.69 Å². The van der Waals surface area contributed by atoms with Crippen molar-refractivity contribution in [3.05, 3.63) is 51.9 Å². The molecule has 0 saturated heterocycles. The van der Waals surface area contributed by atoms with Crippen LogP contribution in [0.3, 0.4) is 0 Å². The fourth-order valence-electron chi connectivity index (χ4n) is 1.28. The monoisotopic (exact) mass is 235 g/mol. The van der Waals surface area contributed by atoms with Gasteiger partial charge in [-0.15, -0.1) is 0 Å². The van der Waals surface area contributed by atoms with Gasteiger partial charge in [0.25, 0.3) is 5.69 Å². The number of aromatic nitrogens is 2. The molecule has 0 saturated carbocycles. The molecule has 1 aromatic heterocycles. The standard InChI is InChI=1S/C10H6ClN3O2/c11-8-3-7(4-9(5-8)14(15)16)10-6-12-1-2-13-10/h1-6H. The molecule has 0 aliphatic rings. The van der Waals surface area contributed by atoms with E-state index in [4.69, 9.17) is 11.6 Å². The van der Waals surface area contributed by atoms with Gasteiger partial charge in [0.2, 0.25) is 0 Å². The van der Waals surface area contributed by atoms with Crippen LogP contribution in [0.2, 0.25) is 5.02 Å². The van der Waals surface area contributed by atoms with Gasteiger partial charge in [0.15, 0.2) is 0 Å². The maximum absolute atomic E-state index is 10.6. The lowest BCUT2D eigenvalue weighted by molar-refractivity contribution is -0.384. The van der Waals surface area contributed by atoms with E-state index >= 15 is 0 Å². The fourth-order valence-corrected chi connectivity index (χ4v) is 1.50. The summed E-state index contributed by atoms with van der Waals surface area (Å²) < 4.78 is 0. The highest BCUT2D eigenvalue weighted by Gasteiger charge is 2.10. The Bertz CT molecular complexity index is 531. The summed E-state index contributed by atoms with van der Waals surface area (Å²) in [4.78, 5) is 18.1. The van der Waals surface area contributed by atoms with Crippen LogP contribution in [-0.2, 0) is 0 Å². The number of nitro groups is 1. The number of rotatable bonds is 2. The van der Waals surface area contributed by atoms with Gasteiger partial charge in [-0.2, -0.15) is 0 Å². The summed E-state index contributed by atoms with van der Waals surface area (Å²) in [6, 6.07) is 4.32. The molecule has 0 N–H and O–H groups in total. The molecule has 0 amide bonds. The lowest BCUT2D eigenvalue weighted by Crippen LogP contribution is -1.90. The van der Waals surface area contributed by atoms with Gasteiger partial charge in [-0.1, -0.05) is 11.6 Å². The second kappa shape index (κ2) is 4.24. The zero-order valence-corrected chi connectivity index (χ0v) is 8.76. The minimum Gasteiger partial charge on any atom is -0.261 e. The van der Waals surface area contributed by atoms with Gasteiger partial charge in [0.05, 0.1) is 16.8 Å². The summed E-state index contributed by atoms with van der Waals surface area (Å²) in [7, 11) is 0. The quantitative estimate of drug-likeness (QED) is 0.593. The first kappa shape index (κ1) is 10.5. The molecule has 0 unspecified atom stereocenters. The van der Waals surface area contributed by atoms with Crippen LogP contribution in [0, 0.1) is 10.1 Å². The third-order valence-corrected chi connectivity index (χ3v) is 2.17. The van der Waals surface area contributed by atoms with E-state index in [2.05, 4.69) is 9.97 Å². The van der Waals surface area contributed by atoms with Gasteiger partial charge < -0.3 is 0 Å². The highest BCUT2D eigenvalue weighted by molar-refractivity contribution is 6.31. The number of nitrogens with zero attached hydrogens (tertiary/aromatic N) is 3. The van der Waals surface area contributed by atoms with Crippen molar-refractivity contribution < 1.29 is 4.92 Å². The molecule has 16 heavy (non-hydrogen) atoms. The van der Waals surface area contributed by atoms with Crippen molar-refractivity contribution in [3.63, 3.8) is 0 Å². The van der Waals surface area contributed by atoms with Crippen LogP contribution < -0.4 is 0 Å². The van der Waals surface area contributed by atoms with Crippen LogP contribution in [0.25, 0.3) is 11.3 Å². The number of benzene rings is 1. The van der Waals surface area contributed by atoms with Crippen molar-refractivity contribution in [2.75, 3.05) is 0 Å². The Kier molecular flexibility index (Phi) is 2.78. The fraction of sp³-hybridized carbons (Fsp3) is 0. The number of hydrogen-bond acceptors (Lipinski definition) is 4. The molecule has 0 fully saturated rings. The van der Waals surface area contributed by atoms with Crippen molar-refractivity contribution in [1.29, 1.82) is 0 Å². The number of non-ortho nitro benzene ring substituents is 1. The average Bonchev–Trinajstić information content (AvgIpc) is 2.29. The normalized spacial score (nSPS) is 10.1. The van der Waals surface area contributed by atoms with E-state index in [0.29, 0.717) is 16.3 Å². The molecule has 0 bridgehead atoms. The summed E-state index contributed by atoms with van der Waals surface area (Å²) in [6.07, 6.45) is 4.57. The molecular weight excluding hydrogens is 230 g/mol. The van der Waals surface area contributed by atoms with E-state index in [0.717, 1.165) is 0 Å². The molecule has 2 rings (SSSR count). The summed E-state index contributed by atoms with van der Waals surface area (Å²) >= 11 is 5.79. The molecule has 2 aromatic rings. The predicted molar refractivity (Wildman–Crippen MR) is 59.1 cm³/mol. The molecular formula is C10H6ClN3O2. The minimum atomic E-state index is -0.494. The number of hydrogen-bond donors (Lipinski definition) is 0. The molecule has 5 nitrogen and oxygen atoms in total. The smallest absolute Gasteiger partial charge is 0.261 e. The van der Waals surface area contributed by atoms with E-state index in [9.17, 15) is 10.1 Å². The van der Waals surface area contributed by atoms with E-state index in [1.807, 2.05) is 0 Å². The van der Waals surface area contributed by atoms with Crippen molar-refractivity contribution in [3.8, 4) is 11.3 Å². The summed E-state index contributed by atoms with van der Waals surface area (Å²) in [5.41, 5.74) is 1.06. The second-order valence-corrected chi connectivity index (χ2v) is 3.48. The Morgan fingerprint density at radius 2 is 2.06 bits per heavy atom. The number of halogens is 1. The molecule has 0 radical (unpaired) electrons. The zero-order valence-electron chi connectivity index (χ0n) is 8.00. The average molecular weight is 236 g/mol. The Morgan fingerprint density at radius 1 is 1.25 bits per heavy atom. The van der Waals surface area contributed by atoms with E-state index in [1.165, 1.54) is 30.7 Å². The first-order valence-electron chi connectivity index (χ1n) is 4.38. The largest absolute Gasteiger partial charge is 0.271 e. The van der Waals surface area contributed by atoms with Crippen LogP contribution >= 0.6 is 11.6 Å². The molecule has 0 aliphatic heterocycles. The lowest BCUT2D eigenvalue weighted by atomic mass is 10.1. The maximum atomic E-state index is 10.6. The lowest BCUT2D eigenvalue weighted by Gasteiger charge is -2.00. The third-order valence-electron chi connectivity index (χ3n) is 1.95. The zero-order chi connectivity index (χ0) is 11.5. The van der Waals surface area contributed by atoms with E-state index < -0.39 is 4.92 Å². The van der Waals surface area contributed by atoms with E-state index in [1.54, 1.807) is 6.07 Å². The summed E-state index contributed by atoms with van der Waals surface area (Å²) in [6.45, 7) is 0. The Labute approximate surface area is 95.9 Å². The molecule has 1 heterocycles. The highest BCUT2D eigenvalue weighted by Crippen LogP contribution is 2.26. The maximum Gasteiger partial charge on any atom is 0.271 e. The Morgan fingerprint density at radius 3 is 2.69 bits per heavy atom. The van der Waals surface area contributed by atoms with Gasteiger partial charge in [-0.05, 0) is 6.07 Å². The number of nitro benzene ring substituents is 1. The highest BCUT2D eigenvalue weighted by atomic mass is 35.5. The third kappa shape index (κ3) is 2.14. The summed E-state index contributed by atoms with van der Waals surface area (Å²) in [5.74, 6) is 0. The summed E-state index contributed by atoms with van der Waals surface area (Å²) in [5, 5.41) is 10.9. The van der Waals surface area contributed by atoms with Gasteiger partial charge in [-0.25, -0.2) is 0 Å². The van der Waals surface area contributed by atoms with Crippen molar-refractivity contribution in [2.45, 2.75) is 0 Å². The predicted octanol–water partition coefficient (Wildman–Crippen LogP) is 2.71. The minimum absolute atomic E-state index is 0.0619. The SMILES string of the molecule is O=[N+]([O-])c1cc(Cl)cc(-c2cnccn2)c1. The van der Waals surface area contributed by atoms with Crippen molar-refractivity contribution in [2.24, 2.45) is 0 Å². The molecule has 0 aliphatic carbocycles. The second-order valence-electron chi connectivity index (χ2n) is 3.05. The van der Waals surface area contributed by atoms with Crippen LogP contribution in [0.5, 0.6) is 0 Å². The molecule has 0 spiro atoms. The van der Waals surface area contributed by atoms with Crippen LogP contribution in [-0.4, -0.2) is 14.9 Å².